The first kappa shape index (κ1) is 9.51. The molecular formula is C7H5N2Sc-. The summed E-state index contributed by atoms with van der Waals surface area (Å²) in [5, 5.41) is 8.41. The van der Waals surface area contributed by atoms with E-state index in [1.807, 2.05) is 6.07 Å². The fourth-order valence-corrected chi connectivity index (χ4v) is 0.554. The van der Waals surface area contributed by atoms with Crippen molar-refractivity contribution in [1.82, 2.24) is 4.98 Å². The topological polar surface area (TPSA) is 36.7 Å². The van der Waals surface area contributed by atoms with E-state index in [1.165, 1.54) is 0 Å². The van der Waals surface area contributed by atoms with Crippen LogP contribution in [0.25, 0.3) is 0 Å². The number of nitriles is 1. The molecule has 0 fully saturated rings. The van der Waals surface area contributed by atoms with Gasteiger partial charge in [-0.25, -0.2) is 0 Å². The molecule has 0 aliphatic rings. The van der Waals surface area contributed by atoms with Gasteiger partial charge in [0.25, 0.3) is 0 Å². The quantitative estimate of drug-likeness (QED) is 0.535. The SMILES string of the molecule is Cc1n[c-]ccc1C#N.[Sc]. The zero-order valence-electron chi connectivity index (χ0n) is 5.63. The van der Waals surface area contributed by atoms with Crippen molar-refractivity contribution in [2.45, 2.75) is 6.92 Å². The van der Waals surface area contributed by atoms with Crippen LogP contribution in [0.1, 0.15) is 11.3 Å². The van der Waals surface area contributed by atoms with Crippen LogP contribution in [-0.4, -0.2) is 4.98 Å². The Morgan fingerprint density at radius 2 is 2.40 bits per heavy atom. The number of aryl methyl sites for hydroxylation is 1. The van der Waals surface area contributed by atoms with Crippen molar-refractivity contribution in [1.29, 1.82) is 5.26 Å². The Morgan fingerprint density at radius 3 is 2.80 bits per heavy atom. The molecule has 0 amide bonds. The molecule has 0 aliphatic carbocycles. The van der Waals surface area contributed by atoms with Gasteiger partial charge in [0.1, 0.15) is 0 Å². The van der Waals surface area contributed by atoms with E-state index in [4.69, 9.17) is 5.26 Å². The third-order valence-corrected chi connectivity index (χ3v) is 1.07. The number of aromatic nitrogens is 1. The molecule has 0 spiro atoms. The largest absolute Gasteiger partial charge is 0.390 e. The Kier molecular flexibility index (Phi) is 4.13. The molecule has 0 aromatic carbocycles. The molecule has 47 valence electrons. The van der Waals surface area contributed by atoms with Gasteiger partial charge in [-0.05, 0) is 5.56 Å². The minimum absolute atomic E-state index is 0. The number of rotatable bonds is 0. The summed E-state index contributed by atoms with van der Waals surface area (Å²) in [5.74, 6) is 0. The zero-order chi connectivity index (χ0) is 6.69. The minimum atomic E-state index is 0. The Morgan fingerprint density at radius 1 is 1.70 bits per heavy atom. The first-order valence-electron chi connectivity index (χ1n) is 2.58. The second kappa shape index (κ2) is 4.35. The van der Waals surface area contributed by atoms with Crippen molar-refractivity contribution in [2.24, 2.45) is 0 Å². The summed E-state index contributed by atoms with van der Waals surface area (Å²) in [6.45, 7) is 1.79. The van der Waals surface area contributed by atoms with Gasteiger partial charge in [0.2, 0.25) is 0 Å². The third-order valence-electron chi connectivity index (χ3n) is 1.07. The van der Waals surface area contributed by atoms with Gasteiger partial charge < -0.3 is 4.98 Å². The molecule has 0 N–H and O–H groups in total. The summed E-state index contributed by atoms with van der Waals surface area (Å²) >= 11 is 0. The zero-order valence-corrected chi connectivity index (χ0v) is 7.43. The summed E-state index contributed by atoms with van der Waals surface area (Å²) in [4.78, 5) is 3.80. The van der Waals surface area contributed by atoms with Crippen molar-refractivity contribution >= 4 is 0 Å². The van der Waals surface area contributed by atoms with Gasteiger partial charge in [0.15, 0.2) is 0 Å². The second-order valence-electron chi connectivity index (χ2n) is 1.69. The molecule has 1 radical (unpaired) electrons. The van der Waals surface area contributed by atoms with Crippen molar-refractivity contribution in [3.05, 3.63) is 29.6 Å². The van der Waals surface area contributed by atoms with E-state index in [1.54, 1.807) is 19.1 Å². The molecule has 1 heterocycles. The fraction of sp³-hybridized carbons (Fsp3) is 0.143. The van der Waals surface area contributed by atoms with Crippen LogP contribution < -0.4 is 0 Å². The van der Waals surface area contributed by atoms with Gasteiger partial charge in [-0.2, -0.15) is 11.3 Å². The third kappa shape index (κ3) is 2.03. The Hall–Kier alpha value is -0.490. The number of nitrogens with zero attached hydrogens (tertiary/aromatic N) is 2. The van der Waals surface area contributed by atoms with Gasteiger partial charge in [-0.1, -0.05) is 18.8 Å². The summed E-state index contributed by atoms with van der Waals surface area (Å²) in [7, 11) is 0. The van der Waals surface area contributed by atoms with E-state index in [0.717, 1.165) is 5.69 Å². The maximum atomic E-state index is 8.41. The predicted octanol–water partition coefficient (Wildman–Crippen LogP) is 1.06. The molecule has 0 aliphatic heterocycles. The first-order valence-corrected chi connectivity index (χ1v) is 2.58. The maximum absolute atomic E-state index is 8.41. The molecule has 2 nitrogen and oxygen atoms in total. The average molecular weight is 162 g/mol. The van der Waals surface area contributed by atoms with Crippen molar-refractivity contribution in [3.63, 3.8) is 0 Å². The monoisotopic (exact) mass is 162 g/mol. The van der Waals surface area contributed by atoms with Gasteiger partial charge in [-0.15, -0.1) is 6.07 Å². The Bertz CT molecular complexity index is 252. The van der Waals surface area contributed by atoms with Crippen LogP contribution in [0.2, 0.25) is 0 Å². The van der Waals surface area contributed by atoms with E-state index < -0.39 is 0 Å². The van der Waals surface area contributed by atoms with Gasteiger partial charge in [0, 0.05) is 25.8 Å². The molecular weight excluding hydrogens is 157 g/mol. The minimum Gasteiger partial charge on any atom is -0.390 e. The fourth-order valence-electron chi connectivity index (χ4n) is 0.554. The molecule has 0 unspecified atom stereocenters. The summed E-state index contributed by atoms with van der Waals surface area (Å²) < 4.78 is 0. The molecule has 0 saturated heterocycles. The molecule has 0 atom stereocenters. The molecule has 0 saturated carbocycles. The molecule has 3 heteroatoms. The van der Waals surface area contributed by atoms with Crippen LogP contribution in [0.5, 0.6) is 0 Å². The number of hydrogen-bond donors (Lipinski definition) is 0. The van der Waals surface area contributed by atoms with Crippen molar-refractivity contribution in [2.75, 3.05) is 0 Å². The van der Waals surface area contributed by atoms with Gasteiger partial charge in [-0.3, -0.25) is 0 Å². The smallest absolute Gasteiger partial charge is 0.0743 e. The van der Waals surface area contributed by atoms with Crippen LogP contribution in [0.15, 0.2) is 12.1 Å². The number of hydrogen-bond acceptors (Lipinski definition) is 2. The summed E-state index contributed by atoms with van der Waals surface area (Å²) in [6.07, 6.45) is 2.63. The predicted molar refractivity (Wildman–Crippen MR) is 32.5 cm³/mol. The van der Waals surface area contributed by atoms with Crippen LogP contribution in [0.4, 0.5) is 0 Å². The van der Waals surface area contributed by atoms with Crippen molar-refractivity contribution in [3.8, 4) is 6.07 Å². The molecule has 10 heavy (non-hydrogen) atoms. The first-order chi connectivity index (χ1) is 4.34. The van der Waals surface area contributed by atoms with Crippen LogP contribution in [-0.2, 0) is 25.8 Å². The molecule has 1 rings (SSSR count). The van der Waals surface area contributed by atoms with Crippen LogP contribution in [0.3, 0.4) is 0 Å². The number of pyridine rings is 1. The Balaban J connectivity index is 0.000000810. The Labute approximate surface area is 78.7 Å². The van der Waals surface area contributed by atoms with Crippen molar-refractivity contribution < 1.29 is 25.8 Å². The van der Waals surface area contributed by atoms with Crippen LogP contribution >= 0.6 is 0 Å². The second-order valence-corrected chi connectivity index (χ2v) is 1.69. The van der Waals surface area contributed by atoms with E-state index in [2.05, 4.69) is 11.2 Å². The van der Waals surface area contributed by atoms with E-state index in [0.29, 0.717) is 5.56 Å². The summed E-state index contributed by atoms with van der Waals surface area (Å²) in [6, 6.07) is 5.34. The van der Waals surface area contributed by atoms with Crippen LogP contribution in [0, 0.1) is 24.5 Å². The maximum Gasteiger partial charge on any atom is 0.0743 e. The van der Waals surface area contributed by atoms with E-state index in [-0.39, 0.29) is 25.8 Å². The summed E-state index contributed by atoms with van der Waals surface area (Å²) in [5.41, 5.74) is 1.36. The molecule has 1 aromatic heterocycles. The van der Waals surface area contributed by atoms with Gasteiger partial charge >= 0.3 is 0 Å². The standard InChI is InChI=1S/C7H5N2.Sc/c1-6-7(5-8)3-2-4-9-6;/h2-3H,1H3;/q-1;. The van der Waals surface area contributed by atoms with E-state index >= 15 is 0 Å². The molecule has 0 bridgehead atoms. The average Bonchev–Trinajstić information content (AvgIpc) is 1.89. The van der Waals surface area contributed by atoms with E-state index in [9.17, 15) is 0 Å². The normalized spacial score (nSPS) is 7.60. The molecule has 1 aromatic rings. The van der Waals surface area contributed by atoms with Gasteiger partial charge in [0.05, 0.1) is 6.07 Å².